The van der Waals surface area contributed by atoms with Gasteiger partial charge in [-0.15, -0.1) is 0 Å². The molecule has 2 heterocycles. The van der Waals surface area contributed by atoms with Gasteiger partial charge in [0.2, 0.25) is 0 Å². The second kappa shape index (κ2) is 4.62. The maximum atomic E-state index is 13.3. The Kier molecular flexibility index (Phi) is 2.94. The largest absolute Gasteiger partial charge is 0.308 e. The number of benzene rings is 1. The van der Waals surface area contributed by atoms with Crippen molar-refractivity contribution in [3.63, 3.8) is 0 Å². The number of hydrogen-bond donors (Lipinski definition) is 0. The molecule has 19 heavy (non-hydrogen) atoms. The third kappa shape index (κ3) is 2.31. The highest BCUT2D eigenvalue weighted by Crippen LogP contribution is 2.15. The fraction of sp³-hybridized carbons (Fsp3) is 0.0769. The van der Waals surface area contributed by atoms with Gasteiger partial charge in [-0.1, -0.05) is 15.9 Å². The van der Waals surface area contributed by atoms with Gasteiger partial charge in [0.25, 0.3) is 5.56 Å². The van der Waals surface area contributed by atoms with Crippen molar-refractivity contribution in [2.24, 2.45) is 0 Å². The van der Waals surface area contributed by atoms with E-state index in [1.54, 1.807) is 30.7 Å². The lowest BCUT2D eigenvalue weighted by Gasteiger charge is -2.07. The third-order valence-corrected chi connectivity index (χ3v) is 3.27. The van der Waals surface area contributed by atoms with Gasteiger partial charge in [0, 0.05) is 16.9 Å². The quantitative estimate of drug-likeness (QED) is 0.727. The lowest BCUT2D eigenvalue weighted by atomic mass is 10.2. The van der Waals surface area contributed by atoms with E-state index in [1.165, 1.54) is 21.2 Å². The summed E-state index contributed by atoms with van der Waals surface area (Å²) >= 11 is 3.24. The van der Waals surface area contributed by atoms with Gasteiger partial charge < -0.3 is 4.57 Å². The van der Waals surface area contributed by atoms with Gasteiger partial charge in [-0.25, -0.2) is 8.91 Å². The summed E-state index contributed by atoms with van der Waals surface area (Å²) in [5, 5.41) is 3.99. The normalized spacial score (nSPS) is 11.1. The van der Waals surface area contributed by atoms with E-state index in [-0.39, 0.29) is 11.4 Å². The van der Waals surface area contributed by atoms with Crippen LogP contribution in [-0.4, -0.2) is 14.2 Å². The van der Waals surface area contributed by atoms with E-state index in [2.05, 4.69) is 21.0 Å². The van der Waals surface area contributed by atoms with E-state index in [4.69, 9.17) is 0 Å². The first-order valence-corrected chi connectivity index (χ1v) is 6.40. The number of aromatic nitrogens is 3. The van der Waals surface area contributed by atoms with Gasteiger partial charge >= 0.3 is 0 Å². The molecule has 0 N–H and O–H groups in total. The summed E-state index contributed by atoms with van der Waals surface area (Å²) < 4.78 is 17.0. The molecule has 2 aromatic heterocycles. The number of halogens is 2. The molecule has 0 spiro atoms. The minimum atomic E-state index is -0.331. The highest BCUT2D eigenvalue weighted by Gasteiger charge is 2.05. The summed E-state index contributed by atoms with van der Waals surface area (Å²) in [5.74, 6) is -0.331. The van der Waals surface area contributed by atoms with Gasteiger partial charge in [0.1, 0.15) is 11.3 Å². The van der Waals surface area contributed by atoms with Crippen molar-refractivity contribution >= 4 is 21.4 Å². The second-order valence-electron chi connectivity index (χ2n) is 4.17. The SMILES string of the molecule is O=c1c2ccnn2ccn1Cc1cc(F)cc(Br)c1. The maximum Gasteiger partial charge on any atom is 0.276 e. The second-order valence-corrected chi connectivity index (χ2v) is 5.09. The van der Waals surface area contributed by atoms with E-state index < -0.39 is 0 Å². The van der Waals surface area contributed by atoms with E-state index in [9.17, 15) is 9.18 Å². The zero-order chi connectivity index (χ0) is 13.4. The molecule has 0 saturated heterocycles. The molecule has 0 amide bonds. The van der Waals surface area contributed by atoms with Gasteiger partial charge in [0.05, 0.1) is 12.7 Å². The Morgan fingerprint density at radius 3 is 2.89 bits per heavy atom. The molecule has 0 aliphatic heterocycles. The number of hydrogen-bond acceptors (Lipinski definition) is 2. The van der Waals surface area contributed by atoms with Gasteiger partial charge in [-0.2, -0.15) is 5.10 Å². The van der Waals surface area contributed by atoms with Crippen LogP contribution in [0.4, 0.5) is 4.39 Å². The molecule has 3 rings (SSSR count). The van der Waals surface area contributed by atoms with Gasteiger partial charge in [-0.3, -0.25) is 4.79 Å². The molecule has 0 unspecified atom stereocenters. The van der Waals surface area contributed by atoms with Crippen molar-refractivity contribution < 1.29 is 4.39 Å². The van der Waals surface area contributed by atoms with Gasteiger partial charge in [-0.05, 0) is 29.8 Å². The fourth-order valence-corrected chi connectivity index (χ4v) is 2.50. The molecule has 0 aliphatic rings. The van der Waals surface area contributed by atoms with Crippen molar-refractivity contribution in [2.75, 3.05) is 0 Å². The molecule has 4 nitrogen and oxygen atoms in total. The third-order valence-electron chi connectivity index (χ3n) is 2.81. The van der Waals surface area contributed by atoms with Crippen molar-refractivity contribution in [3.05, 3.63) is 69.1 Å². The summed E-state index contributed by atoms with van der Waals surface area (Å²) in [7, 11) is 0. The van der Waals surface area contributed by atoms with Crippen LogP contribution in [0.1, 0.15) is 5.56 Å². The van der Waals surface area contributed by atoms with Crippen LogP contribution in [0.15, 0.2) is 52.1 Å². The first-order chi connectivity index (χ1) is 9.13. The summed E-state index contributed by atoms with van der Waals surface area (Å²) in [4.78, 5) is 12.2. The Hall–Kier alpha value is -1.95. The molecule has 0 radical (unpaired) electrons. The van der Waals surface area contributed by atoms with Crippen molar-refractivity contribution in [2.45, 2.75) is 6.54 Å². The summed E-state index contributed by atoms with van der Waals surface area (Å²) in [5.41, 5.74) is 1.07. The predicted octanol–water partition coefficient (Wildman–Crippen LogP) is 2.45. The lowest BCUT2D eigenvalue weighted by molar-refractivity contribution is 0.621. The molecular formula is C13H9BrFN3O. The van der Waals surface area contributed by atoms with Crippen molar-refractivity contribution in [1.29, 1.82) is 0 Å². The maximum absolute atomic E-state index is 13.3. The smallest absolute Gasteiger partial charge is 0.276 e. The number of rotatable bonds is 2. The van der Waals surface area contributed by atoms with Crippen LogP contribution in [0, 0.1) is 5.82 Å². The van der Waals surface area contributed by atoms with Crippen LogP contribution in [0.5, 0.6) is 0 Å². The van der Waals surface area contributed by atoms with E-state index in [0.717, 1.165) is 5.56 Å². The molecular weight excluding hydrogens is 313 g/mol. The average molecular weight is 322 g/mol. The van der Waals surface area contributed by atoms with Crippen LogP contribution in [0.3, 0.4) is 0 Å². The van der Waals surface area contributed by atoms with E-state index in [1.807, 2.05) is 0 Å². The first-order valence-electron chi connectivity index (χ1n) is 5.61. The monoisotopic (exact) mass is 321 g/mol. The Balaban J connectivity index is 2.05. The topological polar surface area (TPSA) is 39.3 Å². The molecule has 3 aromatic rings. The molecule has 0 bridgehead atoms. The Bertz CT molecular complexity index is 789. The van der Waals surface area contributed by atoms with Crippen LogP contribution in [0.2, 0.25) is 0 Å². The predicted molar refractivity (Wildman–Crippen MR) is 72.7 cm³/mol. The Morgan fingerprint density at radius 1 is 1.26 bits per heavy atom. The highest BCUT2D eigenvalue weighted by molar-refractivity contribution is 9.10. The van der Waals surface area contributed by atoms with Crippen LogP contribution in [-0.2, 0) is 6.54 Å². The Morgan fingerprint density at radius 2 is 2.11 bits per heavy atom. The molecule has 0 fully saturated rings. The van der Waals surface area contributed by atoms with Crippen LogP contribution < -0.4 is 5.56 Å². The molecule has 1 aromatic carbocycles. The molecule has 0 saturated carbocycles. The number of nitrogens with zero attached hydrogens (tertiary/aromatic N) is 3. The summed E-state index contributed by atoms with van der Waals surface area (Å²) in [6.45, 7) is 0.316. The number of fused-ring (bicyclic) bond motifs is 1. The molecule has 0 atom stereocenters. The minimum absolute atomic E-state index is 0.152. The summed E-state index contributed by atoms with van der Waals surface area (Å²) in [6.07, 6.45) is 4.91. The lowest BCUT2D eigenvalue weighted by Crippen LogP contribution is -2.21. The Labute approximate surface area is 116 Å². The average Bonchev–Trinajstić information content (AvgIpc) is 2.80. The van der Waals surface area contributed by atoms with Gasteiger partial charge in [0.15, 0.2) is 0 Å². The standard InChI is InChI=1S/C13H9BrFN3O/c14-10-5-9(6-11(15)7-10)8-17-3-4-18-12(13(17)19)1-2-16-18/h1-7H,8H2. The van der Waals surface area contributed by atoms with E-state index >= 15 is 0 Å². The fourth-order valence-electron chi connectivity index (χ4n) is 1.98. The molecule has 96 valence electrons. The first kappa shape index (κ1) is 12.1. The highest BCUT2D eigenvalue weighted by atomic mass is 79.9. The van der Waals surface area contributed by atoms with Crippen LogP contribution in [0.25, 0.3) is 5.52 Å². The summed E-state index contributed by atoms with van der Waals surface area (Å²) in [6, 6.07) is 6.24. The molecule has 6 heteroatoms. The minimum Gasteiger partial charge on any atom is -0.308 e. The zero-order valence-corrected chi connectivity index (χ0v) is 11.3. The van der Waals surface area contributed by atoms with E-state index in [0.29, 0.717) is 16.5 Å². The van der Waals surface area contributed by atoms with Crippen molar-refractivity contribution in [3.8, 4) is 0 Å². The van der Waals surface area contributed by atoms with Crippen molar-refractivity contribution in [1.82, 2.24) is 14.2 Å². The van der Waals surface area contributed by atoms with Crippen LogP contribution >= 0.6 is 15.9 Å². The zero-order valence-electron chi connectivity index (χ0n) is 9.75. The molecule has 0 aliphatic carbocycles.